The maximum absolute atomic E-state index is 13.2. The summed E-state index contributed by atoms with van der Waals surface area (Å²) in [6.07, 6.45) is 1.48. The van der Waals surface area contributed by atoms with Gasteiger partial charge in [0, 0.05) is 5.56 Å². The van der Waals surface area contributed by atoms with Crippen LogP contribution in [0.4, 0.5) is 4.39 Å². The average Bonchev–Trinajstić information content (AvgIpc) is 3.14. The minimum Gasteiger partial charge on any atom is -0.454 e. The molecule has 5 nitrogen and oxygen atoms in total. The third kappa shape index (κ3) is 2.55. The lowest BCUT2D eigenvalue weighted by Gasteiger charge is -2.01. The van der Waals surface area contributed by atoms with Crippen LogP contribution in [-0.2, 0) is 9.53 Å². The van der Waals surface area contributed by atoms with Crippen LogP contribution in [0.5, 0.6) is 11.5 Å². The molecule has 0 unspecified atom stereocenters. The van der Waals surface area contributed by atoms with Gasteiger partial charge in [-0.3, -0.25) is 0 Å². The van der Waals surface area contributed by atoms with Crippen LogP contribution in [0, 0.1) is 5.82 Å². The predicted octanol–water partition coefficient (Wildman–Crippen LogP) is 2.90. The van der Waals surface area contributed by atoms with Crippen LogP contribution < -0.4 is 9.47 Å². The van der Waals surface area contributed by atoms with E-state index < -0.39 is 5.97 Å². The molecule has 0 atom stereocenters. The molecule has 23 heavy (non-hydrogen) atoms. The fourth-order valence-electron chi connectivity index (χ4n) is 2.32. The Morgan fingerprint density at radius 3 is 2.83 bits per heavy atom. The van der Waals surface area contributed by atoms with Crippen molar-refractivity contribution in [1.29, 1.82) is 0 Å². The molecule has 2 aromatic rings. The number of benzene rings is 2. The molecule has 4 rings (SSSR count). The summed E-state index contributed by atoms with van der Waals surface area (Å²) in [7, 11) is 0. The van der Waals surface area contributed by atoms with E-state index in [9.17, 15) is 9.18 Å². The quantitative estimate of drug-likeness (QED) is 0.632. The van der Waals surface area contributed by atoms with E-state index in [1.165, 1.54) is 18.2 Å². The van der Waals surface area contributed by atoms with Crippen molar-refractivity contribution in [1.82, 2.24) is 0 Å². The molecule has 0 N–H and O–H groups in total. The van der Waals surface area contributed by atoms with Crippen LogP contribution in [0.15, 0.2) is 53.2 Å². The Kier molecular flexibility index (Phi) is 3.08. The van der Waals surface area contributed by atoms with Crippen molar-refractivity contribution in [2.75, 3.05) is 6.79 Å². The molecule has 0 amide bonds. The monoisotopic (exact) mass is 311 g/mol. The van der Waals surface area contributed by atoms with Gasteiger partial charge in [0.25, 0.3) is 0 Å². The van der Waals surface area contributed by atoms with E-state index in [1.807, 2.05) is 0 Å². The SMILES string of the molecule is O=C1OC(c2ccc3c(c2)OCO3)=NC1=Cc1cccc(F)c1. The van der Waals surface area contributed by atoms with Gasteiger partial charge in [-0.05, 0) is 42.0 Å². The normalized spacial score (nSPS) is 17.3. The second-order valence-electron chi connectivity index (χ2n) is 4.96. The fourth-order valence-corrected chi connectivity index (χ4v) is 2.32. The first kappa shape index (κ1) is 13.5. The average molecular weight is 311 g/mol. The van der Waals surface area contributed by atoms with E-state index in [-0.39, 0.29) is 24.2 Å². The number of rotatable bonds is 2. The van der Waals surface area contributed by atoms with E-state index in [1.54, 1.807) is 30.3 Å². The molecule has 2 aromatic carbocycles. The first-order valence-electron chi connectivity index (χ1n) is 6.87. The minimum atomic E-state index is -0.582. The van der Waals surface area contributed by atoms with E-state index in [0.717, 1.165) is 0 Å². The third-order valence-corrected chi connectivity index (χ3v) is 3.39. The molecule has 2 aliphatic rings. The molecule has 114 valence electrons. The highest BCUT2D eigenvalue weighted by molar-refractivity contribution is 6.13. The van der Waals surface area contributed by atoms with Gasteiger partial charge in [-0.25, -0.2) is 14.2 Å². The summed E-state index contributed by atoms with van der Waals surface area (Å²) in [5, 5.41) is 0. The first-order chi connectivity index (χ1) is 11.2. The molecular weight excluding hydrogens is 301 g/mol. The molecule has 0 saturated carbocycles. The third-order valence-electron chi connectivity index (χ3n) is 3.39. The van der Waals surface area contributed by atoms with Gasteiger partial charge >= 0.3 is 5.97 Å². The number of nitrogens with zero attached hydrogens (tertiary/aromatic N) is 1. The fraction of sp³-hybridized carbons (Fsp3) is 0.0588. The number of hydrogen-bond acceptors (Lipinski definition) is 5. The van der Waals surface area contributed by atoms with Crippen LogP contribution in [0.2, 0.25) is 0 Å². The van der Waals surface area contributed by atoms with Gasteiger partial charge in [-0.15, -0.1) is 0 Å². The number of halogens is 1. The Labute approximate surface area is 130 Å². The zero-order valence-corrected chi connectivity index (χ0v) is 11.8. The summed E-state index contributed by atoms with van der Waals surface area (Å²) in [5.74, 6) is 0.418. The number of ether oxygens (including phenoxy) is 3. The summed E-state index contributed by atoms with van der Waals surface area (Å²) >= 11 is 0. The van der Waals surface area contributed by atoms with E-state index in [4.69, 9.17) is 14.2 Å². The summed E-state index contributed by atoms with van der Waals surface area (Å²) in [6, 6.07) is 11.0. The van der Waals surface area contributed by atoms with Crippen molar-refractivity contribution in [2.45, 2.75) is 0 Å². The lowest BCUT2D eigenvalue weighted by molar-refractivity contribution is -0.129. The molecule has 0 radical (unpaired) electrons. The van der Waals surface area contributed by atoms with Crippen molar-refractivity contribution < 1.29 is 23.4 Å². The Hall–Kier alpha value is -3.15. The molecule has 0 fully saturated rings. The van der Waals surface area contributed by atoms with E-state index >= 15 is 0 Å². The van der Waals surface area contributed by atoms with Gasteiger partial charge in [0.1, 0.15) is 5.82 Å². The van der Waals surface area contributed by atoms with Crippen LogP contribution >= 0.6 is 0 Å². The molecule has 2 aliphatic heterocycles. The highest BCUT2D eigenvalue weighted by Crippen LogP contribution is 2.33. The van der Waals surface area contributed by atoms with E-state index in [2.05, 4.69) is 4.99 Å². The lowest BCUT2D eigenvalue weighted by Crippen LogP contribution is -2.05. The number of cyclic esters (lactones) is 1. The minimum absolute atomic E-state index is 0.114. The second kappa shape index (κ2) is 5.24. The van der Waals surface area contributed by atoms with Crippen LogP contribution in [0.1, 0.15) is 11.1 Å². The second-order valence-corrected chi connectivity index (χ2v) is 4.96. The Bertz CT molecular complexity index is 873. The summed E-state index contributed by atoms with van der Waals surface area (Å²) in [6.45, 7) is 0.162. The zero-order chi connectivity index (χ0) is 15.8. The number of carbonyl (C=O) groups excluding carboxylic acids is 1. The van der Waals surface area contributed by atoms with Crippen molar-refractivity contribution in [3.05, 3.63) is 65.1 Å². The molecule has 2 heterocycles. The van der Waals surface area contributed by atoms with Gasteiger partial charge in [0.15, 0.2) is 17.2 Å². The number of esters is 1. The number of carbonyl (C=O) groups is 1. The number of aliphatic imine (C=N–C) groups is 1. The maximum atomic E-state index is 13.2. The standard InChI is InChI=1S/C17H10FNO4/c18-12-3-1-2-10(6-12)7-13-17(20)23-16(19-13)11-4-5-14-15(8-11)22-9-21-14/h1-8H,9H2. The highest BCUT2D eigenvalue weighted by Gasteiger charge is 2.25. The van der Waals surface area contributed by atoms with Gasteiger partial charge < -0.3 is 14.2 Å². The Morgan fingerprint density at radius 1 is 1.09 bits per heavy atom. The largest absolute Gasteiger partial charge is 0.454 e. The number of fused-ring (bicyclic) bond motifs is 1. The molecule has 0 bridgehead atoms. The Morgan fingerprint density at radius 2 is 1.96 bits per heavy atom. The van der Waals surface area contributed by atoms with Crippen molar-refractivity contribution in [3.63, 3.8) is 0 Å². The van der Waals surface area contributed by atoms with Crippen LogP contribution in [-0.4, -0.2) is 18.7 Å². The predicted molar refractivity (Wildman–Crippen MR) is 79.6 cm³/mol. The summed E-state index contributed by atoms with van der Waals surface area (Å²) in [4.78, 5) is 16.1. The summed E-state index contributed by atoms with van der Waals surface area (Å²) < 4.78 is 28.9. The lowest BCUT2D eigenvalue weighted by atomic mass is 10.2. The van der Waals surface area contributed by atoms with Crippen molar-refractivity contribution >= 4 is 17.9 Å². The van der Waals surface area contributed by atoms with Crippen LogP contribution in [0.3, 0.4) is 0 Å². The van der Waals surface area contributed by atoms with Crippen molar-refractivity contribution in [3.8, 4) is 11.5 Å². The molecule has 0 spiro atoms. The Balaban J connectivity index is 1.67. The maximum Gasteiger partial charge on any atom is 0.363 e. The highest BCUT2D eigenvalue weighted by atomic mass is 19.1. The molecule has 0 aromatic heterocycles. The van der Waals surface area contributed by atoms with Crippen molar-refractivity contribution in [2.24, 2.45) is 4.99 Å². The topological polar surface area (TPSA) is 57.1 Å². The van der Waals surface area contributed by atoms with E-state index in [0.29, 0.717) is 22.6 Å². The smallest absolute Gasteiger partial charge is 0.363 e. The van der Waals surface area contributed by atoms with Gasteiger partial charge in [0.05, 0.1) is 0 Å². The molecular formula is C17H10FNO4. The molecule has 0 saturated heterocycles. The van der Waals surface area contributed by atoms with Gasteiger partial charge in [-0.1, -0.05) is 12.1 Å². The first-order valence-corrected chi connectivity index (χ1v) is 6.87. The zero-order valence-electron chi connectivity index (χ0n) is 11.8. The summed E-state index contributed by atoms with van der Waals surface area (Å²) in [5.41, 5.74) is 1.25. The number of hydrogen-bond donors (Lipinski definition) is 0. The molecule has 6 heteroatoms. The molecule has 0 aliphatic carbocycles. The van der Waals surface area contributed by atoms with Crippen LogP contribution in [0.25, 0.3) is 6.08 Å². The van der Waals surface area contributed by atoms with Gasteiger partial charge in [0.2, 0.25) is 12.7 Å². The van der Waals surface area contributed by atoms with Gasteiger partial charge in [-0.2, -0.15) is 0 Å².